The van der Waals surface area contributed by atoms with Gasteiger partial charge in [0.25, 0.3) is 0 Å². The molecule has 2 fully saturated rings. The largest absolute Gasteiger partial charge is 0.327 e. The van der Waals surface area contributed by atoms with Gasteiger partial charge in [0.05, 0.1) is 0 Å². The number of amides is 2. The third kappa shape index (κ3) is 2.92. The maximum absolute atomic E-state index is 12.4. The Kier molecular flexibility index (Phi) is 3.92. The lowest BCUT2D eigenvalue weighted by molar-refractivity contribution is 0.109. The summed E-state index contributed by atoms with van der Waals surface area (Å²) >= 11 is 0. The van der Waals surface area contributed by atoms with Crippen LogP contribution >= 0.6 is 0 Å². The number of urea groups is 1. The van der Waals surface area contributed by atoms with E-state index in [1.54, 1.807) is 0 Å². The van der Waals surface area contributed by atoms with Gasteiger partial charge in [0.15, 0.2) is 0 Å². The van der Waals surface area contributed by atoms with Crippen LogP contribution in [-0.2, 0) is 0 Å². The number of nitrogens with zero attached hydrogens (tertiary/aromatic N) is 2. The standard InChI is InChI=1S/C13H25N3O/c1-10-4-3-6-15(8-10)13(17)16-7-5-12(14)11(2)9-16/h10-12H,3-9,14H2,1-2H3. The number of rotatable bonds is 0. The molecule has 4 nitrogen and oxygen atoms in total. The van der Waals surface area contributed by atoms with Gasteiger partial charge in [-0.2, -0.15) is 0 Å². The van der Waals surface area contributed by atoms with Gasteiger partial charge >= 0.3 is 6.03 Å². The molecule has 17 heavy (non-hydrogen) atoms. The van der Waals surface area contributed by atoms with E-state index in [0.717, 1.165) is 39.0 Å². The van der Waals surface area contributed by atoms with Crippen molar-refractivity contribution in [1.29, 1.82) is 0 Å². The van der Waals surface area contributed by atoms with Crippen molar-refractivity contribution in [3.05, 3.63) is 0 Å². The van der Waals surface area contributed by atoms with Crippen molar-refractivity contribution >= 4 is 6.03 Å². The van der Waals surface area contributed by atoms with E-state index in [9.17, 15) is 4.79 Å². The maximum Gasteiger partial charge on any atom is 0.320 e. The topological polar surface area (TPSA) is 49.6 Å². The number of carbonyl (C=O) groups is 1. The summed E-state index contributed by atoms with van der Waals surface area (Å²) in [7, 11) is 0. The number of hydrogen-bond acceptors (Lipinski definition) is 2. The van der Waals surface area contributed by atoms with Crippen molar-refractivity contribution in [2.24, 2.45) is 17.6 Å². The molecule has 0 spiro atoms. The quantitative estimate of drug-likeness (QED) is 0.696. The summed E-state index contributed by atoms with van der Waals surface area (Å²) in [6.45, 7) is 7.88. The first-order chi connectivity index (χ1) is 8.08. The van der Waals surface area contributed by atoms with Gasteiger partial charge in [-0.1, -0.05) is 13.8 Å². The molecule has 2 saturated heterocycles. The average molecular weight is 239 g/mol. The molecular formula is C13H25N3O. The molecule has 2 amide bonds. The summed E-state index contributed by atoms with van der Waals surface area (Å²) in [6.07, 6.45) is 3.34. The number of hydrogen-bond donors (Lipinski definition) is 1. The summed E-state index contributed by atoms with van der Waals surface area (Å²) in [5.41, 5.74) is 5.99. The minimum Gasteiger partial charge on any atom is -0.327 e. The van der Waals surface area contributed by atoms with Gasteiger partial charge in [-0.05, 0) is 31.1 Å². The minimum absolute atomic E-state index is 0.232. The third-order valence-electron chi connectivity index (χ3n) is 4.17. The van der Waals surface area contributed by atoms with E-state index in [1.165, 1.54) is 6.42 Å². The van der Waals surface area contributed by atoms with Crippen molar-refractivity contribution in [2.75, 3.05) is 26.2 Å². The molecule has 0 radical (unpaired) electrons. The van der Waals surface area contributed by atoms with Crippen LogP contribution in [0.5, 0.6) is 0 Å². The van der Waals surface area contributed by atoms with Crippen LogP contribution in [0, 0.1) is 11.8 Å². The van der Waals surface area contributed by atoms with Crippen LogP contribution in [0.3, 0.4) is 0 Å². The van der Waals surface area contributed by atoms with Crippen LogP contribution in [0.25, 0.3) is 0 Å². The fraction of sp³-hybridized carbons (Fsp3) is 0.923. The Morgan fingerprint density at radius 3 is 2.47 bits per heavy atom. The zero-order valence-electron chi connectivity index (χ0n) is 11.1. The van der Waals surface area contributed by atoms with Crippen molar-refractivity contribution < 1.29 is 4.79 Å². The Morgan fingerprint density at radius 2 is 1.82 bits per heavy atom. The van der Waals surface area contributed by atoms with E-state index in [0.29, 0.717) is 11.8 Å². The summed E-state index contributed by atoms with van der Waals surface area (Å²) in [5, 5.41) is 0. The van der Waals surface area contributed by atoms with Crippen molar-refractivity contribution in [1.82, 2.24) is 9.80 Å². The third-order valence-corrected chi connectivity index (χ3v) is 4.17. The highest BCUT2D eigenvalue weighted by Gasteiger charge is 2.30. The predicted molar refractivity (Wildman–Crippen MR) is 68.7 cm³/mol. The molecule has 0 aromatic rings. The second-order valence-electron chi connectivity index (χ2n) is 5.85. The molecule has 0 saturated carbocycles. The van der Waals surface area contributed by atoms with Gasteiger partial charge in [0.1, 0.15) is 0 Å². The van der Waals surface area contributed by atoms with Crippen LogP contribution in [0.4, 0.5) is 4.79 Å². The maximum atomic E-state index is 12.4. The predicted octanol–water partition coefficient (Wildman–Crippen LogP) is 1.51. The molecule has 3 unspecified atom stereocenters. The molecule has 98 valence electrons. The molecule has 2 N–H and O–H groups in total. The van der Waals surface area contributed by atoms with Crippen molar-refractivity contribution in [3.63, 3.8) is 0 Å². The lowest BCUT2D eigenvalue weighted by Crippen LogP contribution is -2.53. The zero-order valence-corrected chi connectivity index (χ0v) is 11.1. The number of likely N-dealkylation sites (tertiary alicyclic amines) is 2. The van der Waals surface area contributed by atoms with Gasteiger partial charge < -0.3 is 15.5 Å². The molecule has 0 bridgehead atoms. The fourth-order valence-electron chi connectivity index (χ4n) is 2.90. The Labute approximate surface area is 104 Å². The molecule has 2 heterocycles. The zero-order chi connectivity index (χ0) is 12.4. The SMILES string of the molecule is CC1CCCN(C(=O)N2CCC(N)C(C)C2)C1. The normalized spacial score (nSPS) is 34.9. The summed E-state index contributed by atoms with van der Waals surface area (Å²) in [4.78, 5) is 16.4. The minimum atomic E-state index is 0.232. The second-order valence-corrected chi connectivity index (χ2v) is 5.85. The fourth-order valence-corrected chi connectivity index (χ4v) is 2.90. The highest BCUT2D eigenvalue weighted by atomic mass is 16.2. The van der Waals surface area contributed by atoms with Gasteiger partial charge in [-0.3, -0.25) is 0 Å². The van der Waals surface area contributed by atoms with Crippen LogP contribution < -0.4 is 5.73 Å². The van der Waals surface area contributed by atoms with Crippen LogP contribution in [0.1, 0.15) is 33.1 Å². The molecule has 0 aromatic carbocycles. The monoisotopic (exact) mass is 239 g/mol. The first-order valence-corrected chi connectivity index (χ1v) is 6.87. The Bertz CT molecular complexity index is 282. The van der Waals surface area contributed by atoms with E-state index in [1.807, 2.05) is 9.80 Å². The lowest BCUT2D eigenvalue weighted by atomic mass is 9.95. The molecule has 2 aliphatic rings. The van der Waals surface area contributed by atoms with E-state index < -0.39 is 0 Å². The van der Waals surface area contributed by atoms with E-state index >= 15 is 0 Å². The van der Waals surface area contributed by atoms with Crippen LogP contribution in [0.2, 0.25) is 0 Å². The summed E-state index contributed by atoms with van der Waals surface area (Å²) < 4.78 is 0. The highest BCUT2D eigenvalue weighted by molar-refractivity contribution is 5.74. The smallest absolute Gasteiger partial charge is 0.320 e. The van der Waals surface area contributed by atoms with Crippen LogP contribution in [0.15, 0.2) is 0 Å². The Hall–Kier alpha value is -0.770. The first kappa shape index (κ1) is 12.7. The number of piperidine rings is 2. The molecule has 0 aromatic heterocycles. The van der Waals surface area contributed by atoms with Crippen molar-refractivity contribution in [3.8, 4) is 0 Å². The van der Waals surface area contributed by atoms with Crippen LogP contribution in [-0.4, -0.2) is 48.1 Å². The number of nitrogens with two attached hydrogens (primary N) is 1. The molecular weight excluding hydrogens is 214 g/mol. The average Bonchev–Trinajstić information content (AvgIpc) is 2.32. The van der Waals surface area contributed by atoms with E-state index in [2.05, 4.69) is 13.8 Å². The molecule has 2 rings (SSSR count). The van der Waals surface area contributed by atoms with Gasteiger partial charge in [0.2, 0.25) is 0 Å². The molecule has 2 aliphatic heterocycles. The Balaban J connectivity index is 1.91. The van der Waals surface area contributed by atoms with E-state index in [-0.39, 0.29) is 12.1 Å². The summed E-state index contributed by atoms with van der Waals surface area (Å²) in [5.74, 6) is 1.08. The number of carbonyl (C=O) groups excluding carboxylic acids is 1. The van der Waals surface area contributed by atoms with Gasteiger partial charge in [-0.15, -0.1) is 0 Å². The first-order valence-electron chi connectivity index (χ1n) is 6.87. The van der Waals surface area contributed by atoms with Gasteiger partial charge in [0, 0.05) is 32.2 Å². The van der Waals surface area contributed by atoms with E-state index in [4.69, 9.17) is 5.73 Å². The second kappa shape index (κ2) is 5.25. The molecule has 0 aliphatic carbocycles. The van der Waals surface area contributed by atoms with Crippen molar-refractivity contribution in [2.45, 2.75) is 39.2 Å². The summed E-state index contributed by atoms with van der Waals surface area (Å²) in [6, 6.07) is 0.495. The molecule has 4 heteroatoms. The Morgan fingerprint density at radius 1 is 1.12 bits per heavy atom. The van der Waals surface area contributed by atoms with Gasteiger partial charge in [-0.25, -0.2) is 4.79 Å². The molecule has 3 atom stereocenters. The highest BCUT2D eigenvalue weighted by Crippen LogP contribution is 2.20. The lowest BCUT2D eigenvalue weighted by Gasteiger charge is -2.40.